The molecule has 1 saturated heterocycles. The molecular weight excluding hydrogens is 208 g/mol. The molecule has 0 unspecified atom stereocenters. The van der Waals surface area contributed by atoms with Crippen LogP contribution < -0.4 is 0 Å². The molecule has 2 aliphatic rings. The molecule has 0 N–H and O–H groups in total. The van der Waals surface area contributed by atoms with E-state index in [0.29, 0.717) is 5.41 Å². The Labute approximate surface area is 98.5 Å². The van der Waals surface area contributed by atoms with Crippen LogP contribution in [0.2, 0.25) is 0 Å². The third-order valence-corrected chi connectivity index (χ3v) is 4.83. The Morgan fingerprint density at radius 3 is 2.33 bits per heavy atom. The molecule has 1 heterocycles. The summed E-state index contributed by atoms with van der Waals surface area (Å²) >= 11 is 6.23. The highest BCUT2D eigenvalue weighted by Gasteiger charge is 2.34. The number of hydrogen-bond acceptors (Lipinski definition) is 1. The summed E-state index contributed by atoms with van der Waals surface area (Å²) < 4.78 is 5.42. The van der Waals surface area contributed by atoms with Gasteiger partial charge in [-0.15, -0.1) is 11.6 Å². The molecule has 88 valence electrons. The van der Waals surface area contributed by atoms with E-state index < -0.39 is 0 Å². The Morgan fingerprint density at radius 1 is 1.07 bits per heavy atom. The second-order valence-corrected chi connectivity index (χ2v) is 5.72. The maximum absolute atomic E-state index is 6.23. The number of ether oxygens (including phenoxy) is 1. The molecule has 0 atom stereocenters. The number of alkyl halides is 1. The van der Waals surface area contributed by atoms with Crippen molar-refractivity contribution in [2.75, 3.05) is 19.1 Å². The second-order valence-electron chi connectivity index (χ2n) is 5.45. The van der Waals surface area contributed by atoms with Crippen LogP contribution in [0, 0.1) is 11.3 Å². The van der Waals surface area contributed by atoms with Crippen molar-refractivity contribution in [3.8, 4) is 0 Å². The fourth-order valence-corrected chi connectivity index (χ4v) is 3.63. The average Bonchev–Trinajstić information content (AvgIpc) is 2.32. The number of rotatable bonds is 3. The van der Waals surface area contributed by atoms with Gasteiger partial charge in [0, 0.05) is 19.1 Å². The Bertz CT molecular complexity index is 181. The van der Waals surface area contributed by atoms with Crippen LogP contribution in [0.5, 0.6) is 0 Å². The second kappa shape index (κ2) is 5.54. The predicted octanol–water partition coefficient (Wildman–Crippen LogP) is 3.99. The normalized spacial score (nSPS) is 27.8. The Morgan fingerprint density at radius 2 is 1.73 bits per heavy atom. The van der Waals surface area contributed by atoms with E-state index in [9.17, 15) is 0 Å². The van der Waals surface area contributed by atoms with Crippen molar-refractivity contribution < 1.29 is 4.74 Å². The fraction of sp³-hybridized carbons (Fsp3) is 1.00. The Balaban J connectivity index is 1.87. The van der Waals surface area contributed by atoms with Crippen molar-refractivity contribution in [2.24, 2.45) is 11.3 Å². The summed E-state index contributed by atoms with van der Waals surface area (Å²) in [5.41, 5.74) is 0.488. The first-order valence-corrected chi connectivity index (χ1v) is 7.02. The first kappa shape index (κ1) is 11.7. The molecule has 0 aromatic heterocycles. The van der Waals surface area contributed by atoms with Gasteiger partial charge >= 0.3 is 0 Å². The van der Waals surface area contributed by atoms with Crippen LogP contribution in [0.4, 0.5) is 0 Å². The highest BCUT2D eigenvalue weighted by atomic mass is 35.5. The molecule has 2 heteroatoms. The molecule has 1 aliphatic heterocycles. The zero-order chi connectivity index (χ0) is 10.6. The van der Waals surface area contributed by atoms with Crippen molar-refractivity contribution in [1.82, 2.24) is 0 Å². The molecule has 0 bridgehead atoms. The van der Waals surface area contributed by atoms with Gasteiger partial charge in [0.25, 0.3) is 0 Å². The molecule has 0 aromatic carbocycles. The van der Waals surface area contributed by atoms with Crippen LogP contribution in [0.3, 0.4) is 0 Å². The van der Waals surface area contributed by atoms with Gasteiger partial charge in [-0.25, -0.2) is 0 Å². The summed E-state index contributed by atoms with van der Waals surface area (Å²) in [4.78, 5) is 0. The van der Waals surface area contributed by atoms with E-state index in [0.717, 1.165) is 25.0 Å². The molecule has 1 saturated carbocycles. The molecular formula is C13H23ClO. The van der Waals surface area contributed by atoms with Gasteiger partial charge in [-0.1, -0.05) is 19.3 Å². The van der Waals surface area contributed by atoms with Crippen LogP contribution in [-0.2, 0) is 4.74 Å². The first-order valence-electron chi connectivity index (χ1n) is 6.48. The summed E-state index contributed by atoms with van der Waals surface area (Å²) in [6.07, 6.45) is 10.8. The lowest BCUT2D eigenvalue weighted by Gasteiger charge is -2.39. The van der Waals surface area contributed by atoms with Gasteiger partial charge in [0.2, 0.25) is 0 Å². The highest BCUT2D eigenvalue weighted by Crippen LogP contribution is 2.44. The van der Waals surface area contributed by atoms with Crippen LogP contribution in [-0.4, -0.2) is 19.1 Å². The van der Waals surface area contributed by atoms with Gasteiger partial charge in [0.15, 0.2) is 0 Å². The van der Waals surface area contributed by atoms with Crippen molar-refractivity contribution in [3.63, 3.8) is 0 Å². The van der Waals surface area contributed by atoms with Gasteiger partial charge in [0.1, 0.15) is 0 Å². The Hall–Kier alpha value is 0.250. The summed E-state index contributed by atoms with van der Waals surface area (Å²) in [7, 11) is 0. The number of halogens is 1. The minimum Gasteiger partial charge on any atom is -0.381 e. The fourth-order valence-electron chi connectivity index (χ4n) is 3.26. The van der Waals surface area contributed by atoms with Gasteiger partial charge in [-0.05, 0) is 43.4 Å². The van der Waals surface area contributed by atoms with Crippen molar-refractivity contribution in [3.05, 3.63) is 0 Å². The topological polar surface area (TPSA) is 9.23 Å². The quantitative estimate of drug-likeness (QED) is 0.667. The van der Waals surface area contributed by atoms with Crippen molar-refractivity contribution >= 4 is 11.6 Å². The Kier molecular flexibility index (Phi) is 4.33. The molecule has 0 aromatic rings. The van der Waals surface area contributed by atoms with E-state index in [-0.39, 0.29) is 0 Å². The van der Waals surface area contributed by atoms with Crippen LogP contribution >= 0.6 is 11.6 Å². The molecule has 0 amide bonds. The molecule has 0 spiro atoms. The van der Waals surface area contributed by atoms with Gasteiger partial charge < -0.3 is 4.74 Å². The molecule has 2 rings (SSSR count). The van der Waals surface area contributed by atoms with Crippen LogP contribution in [0.1, 0.15) is 51.4 Å². The minimum absolute atomic E-state index is 0.488. The monoisotopic (exact) mass is 230 g/mol. The lowest BCUT2D eigenvalue weighted by atomic mass is 9.69. The van der Waals surface area contributed by atoms with Crippen molar-refractivity contribution in [1.29, 1.82) is 0 Å². The predicted molar refractivity (Wildman–Crippen MR) is 64.4 cm³/mol. The molecule has 15 heavy (non-hydrogen) atoms. The highest BCUT2D eigenvalue weighted by molar-refractivity contribution is 6.18. The maximum Gasteiger partial charge on any atom is 0.0468 e. The van der Waals surface area contributed by atoms with Gasteiger partial charge in [0.05, 0.1) is 0 Å². The van der Waals surface area contributed by atoms with E-state index in [1.165, 1.54) is 51.4 Å². The third-order valence-electron chi connectivity index (χ3n) is 4.26. The van der Waals surface area contributed by atoms with Gasteiger partial charge in [-0.2, -0.15) is 0 Å². The summed E-state index contributed by atoms with van der Waals surface area (Å²) in [5, 5.41) is 0. The van der Waals surface area contributed by atoms with E-state index in [4.69, 9.17) is 16.3 Å². The molecule has 1 nitrogen and oxygen atoms in total. The summed E-state index contributed by atoms with van der Waals surface area (Å²) in [6.45, 7) is 1.95. The summed E-state index contributed by atoms with van der Waals surface area (Å²) in [5.74, 6) is 1.76. The standard InChI is InChI=1S/C13H23ClO/c14-11-13(6-2-1-3-7-13)10-12-4-8-15-9-5-12/h12H,1-11H2. The smallest absolute Gasteiger partial charge is 0.0468 e. The van der Waals surface area contributed by atoms with Crippen LogP contribution in [0.15, 0.2) is 0 Å². The van der Waals surface area contributed by atoms with E-state index in [1.54, 1.807) is 0 Å². The zero-order valence-electron chi connectivity index (χ0n) is 9.64. The molecule has 2 fully saturated rings. The van der Waals surface area contributed by atoms with E-state index in [1.807, 2.05) is 0 Å². The SMILES string of the molecule is ClCC1(CC2CCOCC2)CCCCC1. The van der Waals surface area contributed by atoms with Gasteiger partial charge in [-0.3, -0.25) is 0 Å². The van der Waals surface area contributed by atoms with Crippen molar-refractivity contribution in [2.45, 2.75) is 51.4 Å². The number of hydrogen-bond donors (Lipinski definition) is 0. The van der Waals surface area contributed by atoms with E-state index in [2.05, 4.69) is 0 Å². The first-order chi connectivity index (χ1) is 7.35. The zero-order valence-corrected chi connectivity index (χ0v) is 10.4. The lowest BCUT2D eigenvalue weighted by molar-refractivity contribution is 0.0428. The lowest BCUT2D eigenvalue weighted by Crippen LogP contribution is -2.31. The van der Waals surface area contributed by atoms with E-state index >= 15 is 0 Å². The minimum atomic E-state index is 0.488. The molecule has 0 radical (unpaired) electrons. The van der Waals surface area contributed by atoms with Crippen LogP contribution in [0.25, 0.3) is 0 Å². The average molecular weight is 231 g/mol. The largest absolute Gasteiger partial charge is 0.381 e. The maximum atomic E-state index is 6.23. The molecule has 1 aliphatic carbocycles. The third kappa shape index (κ3) is 3.10. The summed E-state index contributed by atoms with van der Waals surface area (Å²) in [6, 6.07) is 0.